The largest absolute Gasteiger partial charge is 0.492 e. The van der Waals surface area contributed by atoms with Crippen molar-refractivity contribution in [3.8, 4) is 5.75 Å². The van der Waals surface area contributed by atoms with Crippen LogP contribution >= 0.6 is 0 Å². The normalized spacial score (nSPS) is 21.0. The number of likely N-dealkylation sites (tertiary alicyclic amines) is 2. The fraction of sp³-hybridized carbons (Fsp3) is 0.414. The van der Waals surface area contributed by atoms with Crippen LogP contribution in [0.5, 0.6) is 5.75 Å². The van der Waals surface area contributed by atoms with E-state index in [4.69, 9.17) is 14.6 Å². The highest BCUT2D eigenvalue weighted by atomic mass is 16.5. The highest BCUT2D eigenvalue weighted by Gasteiger charge is 2.37. The Morgan fingerprint density at radius 1 is 1.03 bits per heavy atom. The van der Waals surface area contributed by atoms with Gasteiger partial charge in [-0.25, -0.2) is 9.59 Å². The second-order valence-corrected chi connectivity index (χ2v) is 9.98. The van der Waals surface area contributed by atoms with Crippen LogP contribution in [-0.2, 0) is 9.53 Å². The lowest BCUT2D eigenvalue weighted by molar-refractivity contribution is -0.139. The van der Waals surface area contributed by atoms with E-state index in [1.54, 1.807) is 0 Å². The second-order valence-electron chi connectivity index (χ2n) is 9.98. The SMILES string of the molecule is O=C(O)NCCOc1cccc(C(=C2CCN(C(=O)N3CCC4OCC(=O)NC4C3)CC2)c2ccccc2)c1. The summed E-state index contributed by atoms with van der Waals surface area (Å²) in [5.41, 5.74) is 4.54. The van der Waals surface area contributed by atoms with Gasteiger partial charge in [-0.15, -0.1) is 0 Å². The molecule has 10 heteroatoms. The molecule has 0 aromatic heterocycles. The van der Waals surface area contributed by atoms with Crippen molar-refractivity contribution in [3.63, 3.8) is 0 Å². The number of ether oxygens (including phenoxy) is 2. The summed E-state index contributed by atoms with van der Waals surface area (Å²) in [5.74, 6) is 0.543. The van der Waals surface area contributed by atoms with Crippen molar-refractivity contribution in [2.75, 3.05) is 45.9 Å². The lowest BCUT2D eigenvalue weighted by Crippen LogP contribution is -2.62. The predicted octanol–water partition coefficient (Wildman–Crippen LogP) is 2.94. The Kier molecular flexibility index (Phi) is 8.31. The third kappa shape index (κ3) is 6.51. The Balaban J connectivity index is 1.29. The molecule has 2 unspecified atom stereocenters. The molecule has 3 aliphatic heterocycles. The molecule has 3 saturated heterocycles. The number of nitrogens with zero attached hydrogens (tertiary/aromatic N) is 2. The van der Waals surface area contributed by atoms with Gasteiger partial charge < -0.3 is 35.0 Å². The summed E-state index contributed by atoms with van der Waals surface area (Å²) in [7, 11) is 0. The third-order valence-corrected chi connectivity index (χ3v) is 7.42. The fourth-order valence-electron chi connectivity index (χ4n) is 5.54. The first-order chi connectivity index (χ1) is 19.0. The summed E-state index contributed by atoms with van der Waals surface area (Å²) in [6.45, 7) is 2.87. The number of urea groups is 1. The van der Waals surface area contributed by atoms with E-state index in [1.165, 1.54) is 5.57 Å². The maximum Gasteiger partial charge on any atom is 0.404 e. The molecule has 2 aromatic carbocycles. The first-order valence-corrected chi connectivity index (χ1v) is 13.4. The van der Waals surface area contributed by atoms with Crippen molar-refractivity contribution in [2.24, 2.45) is 0 Å². The molecule has 4 amide bonds. The van der Waals surface area contributed by atoms with Gasteiger partial charge in [0.05, 0.1) is 18.7 Å². The zero-order valence-electron chi connectivity index (χ0n) is 21.8. The van der Waals surface area contributed by atoms with E-state index < -0.39 is 6.09 Å². The van der Waals surface area contributed by atoms with E-state index in [9.17, 15) is 14.4 Å². The van der Waals surface area contributed by atoms with Crippen molar-refractivity contribution in [1.82, 2.24) is 20.4 Å². The van der Waals surface area contributed by atoms with Gasteiger partial charge in [0, 0.05) is 26.2 Å². The van der Waals surface area contributed by atoms with Gasteiger partial charge in [0.25, 0.3) is 0 Å². The molecular weight excluding hydrogens is 500 g/mol. The van der Waals surface area contributed by atoms with E-state index in [0.29, 0.717) is 31.9 Å². The first-order valence-electron chi connectivity index (χ1n) is 13.4. The minimum absolute atomic E-state index is 0.0129. The topological polar surface area (TPSA) is 120 Å². The molecule has 5 rings (SSSR count). The number of morpholine rings is 1. The van der Waals surface area contributed by atoms with Gasteiger partial charge in [-0.2, -0.15) is 0 Å². The Morgan fingerprint density at radius 3 is 2.56 bits per heavy atom. The van der Waals surface area contributed by atoms with Crippen LogP contribution < -0.4 is 15.4 Å². The minimum Gasteiger partial charge on any atom is -0.492 e. The fourth-order valence-corrected chi connectivity index (χ4v) is 5.54. The minimum atomic E-state index is -1.08. The van der Waals surface area contributed by atoms with Crippen LogP contribution in [0.1, 0.15) is 30.4 Å². The summed E-state index contributed by atoms with van der Waals surface area (Å²) < 4.78 is 11.4. The number of hydrogen-bond acceptors (Lipinski definition) is 5. The van der Waals surface area contributed by atoms with Crippen molar-refractivity contribution in [3.05, 3.63) is 71.3 Å². The number of carbonyl (C=O) groups excluding carboxylic acids is 2. The number of piperidine rings is 2. The highest BCUT2D eigenvalue weighted by Crippen LogP contribution is 2.34. The monoisotopic (exact) mass is 534 g/mol. The average Bonchev–Trinajstić information content (AvgIpc) is 2.96. The van der Waals surface area contributed by atoms with Crippen molar-refractivity contribution < 1.29 is 29.0 Å². The van der Waals surface area contributed by atoms with Crippen LogP contribution in [0.3, 0.4) is 0 Å². The van der Waals surface area contributed by atoms with E-state index in [2.05, 4.69) is 28.8 Å². The molecule has 0 bridgehead atoms. The number of hydrogen-bond donors (Lipinski definition) is 3. The number of amides is 4. The molecule has 3 aliphatic rings. The number of nitrogens with one attached hydrogen (secondary N) is 2. The van der Waals surface area contributed by atoms with Gasteiger partial charge in [0.2, 0.25) is 5.91 Å². The first kappa shape index (κ1) is 26.6. The molecule has 0 radical (unpaired) electrons. The van der Waals surface area contributed by atoms with Gasteiger partial charge in [-0.1, -0.05) is 48.0 Å². The van der Waals surface area contributed by atoms with Crippen LogP contribution in [0.4, 0.5) is 9.59 Å². The van der Waals surface area contributed by atoms with E-state index in [0.717, 1.165) is 36.0 Å². The third-order valence-electron chi connectivity index (χ3n) is 7.42. The van der Waals surface area contributed by atoms with E-state index >= 15 is 0 Å². The molecule has 3 fully saturated rings. The van der Waals surface area contributed by atoms with E-state index in [-0.39, 0.29) is 43.8 Å². The molecule has 3 N–H and O–H groups in total. The molecule has 3 heterocycles. The number of carbonyl (C=O) groups is 3. The summed E-state index contributed by atoms with van der Waals surface area (Å²) in [6, 6.07) is 17.9. The van der Waals surface area contributed by atoms with Crippen LogP contribution in [-0.4, -0.2) is 91.0 Å². The lowest BCUT2D eigenvalue weighted by atomic mass is 9.88. The molecule has 206 valence electrons. The van der Waals surface area contributed by atoms with Gasteiger partial charge in [0.15, 0.2) is 0 Å². The highest BCUT2D eigenvalue weighted by molar-refractivity contribution is 5.83. The Labute approximate surface area is 227 Å². The van der Waals surface area contributed by atoms with Gasteiger partial charge in [0.1, 0.15) is 19.0 Å². The second kappa shape index (κ2) is 12.2. The van der Waals surface area contributed by atoms with Gasteiger partial charge in [-0.05, 0) is 48.1 Å². The average molecular weight is 535 g/mol. The summed E-state index contributed by atoms with van der Waals surface area (Å²) in [5, 5.41) is 14.0. The summed E-state index contributed by atoms with van der Waals surface area (Å²) in [6.07, 6.45) is 1.13. The van der Waals surface area contributed by atoms with Crippen molar-refractivity contribution in [2.45, 2.75) is 31.4 Å². The van der Waals surface area contributed by atoms with E-state index in [1.807, 2.05) is 46.2 Å². The van der Waals surface area contributed by atoms with Gasteiger partial charge in [-0.3, -0.25) is 4.79 Å². The smallest absolute Gasteiger partial charge is 0.404 e. The van der Waals surface area contributed by atoms with Crippen LogP contribution in [0.15, 0.2) is 60.2 Å². The van der Waals surface area contributed by atoms with Gasteiger partial charge >= 0.3 is 12.1 Å². The Hall–Kier alpha value is -4.05. The van der Waals surface area contributed by atoms with Crippen molar-refractivity contribution >= 4 is 23.6 Å². The van der Waals surface area contributed by atoms with Crippen molar-refractivity contribution in [1.29, 1.82) is 0 Å². The number of rotatable bonds is 6. The predicted molar refractivity (Wildman–Crippen MR) is 144 cm³/mol. The molecule has 0 saturated carbocycles. The molecule has 0 spiro atoms. The van der Waals surface area contributed by atoms with Crippen LogP contribution in [0.25, 0.3) is 5.57 Å². The zero-order chi connectivity index (χ0) is 27.2. The lowest BCUT2D eigenvalue weighted by Gasteiger charge is -2.43. The summed E-state index contributed by atoms with van der Waals surface area (Å²) >= 11 is 0. The molecular formula is C29H34N4O6. The molecule has 2 atom stereocenters. The molecule has 39 heavy (non-hydrogen) atoms. The molecule has 10 nitrogen and oxygen atoms in total. The quantitative estimate of drug-likeness (QED) is 0.490. The maximum absolute atomic E-state index is 13.4. The molecule has 2 aromatic rings. The standard InChI is InChI=1S/C29H34N4O6/c34-26-19-39-25-11-15-33(18-24(25)31-26)29(37)32-13-9-21(10-14-32)27(20-5-2-1-3-6-20)22-7-4-8-23(17-22)38-16-12-30-28(35)36/h1-8,17,24-25,30H,9-16,18-19H2,(H,31,34)(H,35,36). The van der Waals surface area contributed by atoms with Crippen LogP contribution in [0.2, 0.25) is 0 Å². The Morgan fingerprint density at radius 2 is 1.79 bits per heavy atom. The number of benzene rings is 2. The number of fused-ring (bicyclic) bond motifs is 1. The summed E-state index contributed by atoms with van der Waals surface area (Å²) in [4.78, 5) is 39.6. The van der Waals surface area contributed by atoms with Crippen LogP contribution in [0, 0.1) is 0 Å². The molecule has 0 aliphatic carbocycles. The maximum atomic E-state index is 13.4. The number of carboxylic acid groups (broad SMARTS) is 1. The zero-order valence-corrected chi connectivity index (χ0v) is 21.8. The Bertz CT molecular complexity index is 1220.